The molecule has 0 saturated heterocycles. The Balaban J connectivity index is 2.74. The highest BCUT2D eigenvalue weighted by Crippen LogP contribution is 2.24. The average molecular weight is 268 g/mol. The summed E-state index contributed by atoms with van der Waals surface area (Å²) >= 11 is 5.70. The molecule has 0 radical (unpaired) electrons. The third-order valence-electron chi connectivity index (χ3n) is 2.77. The van der Waals surface area contributed by atoms with Gasteiger partial charge < -0.3 is 5.73 Å². The predicted molar refractivity (Wildman–Crippen MR) is 68.7 cm³/mol. The molecule has 0 atom stereocenters. The molecule has 0 spiro atoms. The molecule has 0 saturated carbocycles. The van der Waals surface area contributed by atoms with E-state index in [2.05, 4.69) is 5.10 Å². The monoisotopic (exact) mass is 267 g/mol. The van der Waals surface area contributed by atoms with E-state index in [1.165, 1.54) is 12.3 Å². The second-order valence-corrected chi connectivity index (χ2v) is 4.40. The van der Waals surface area contributed by atoms with Crippen LogP contribution in [-0.2, 0) is 0 Å². The maximum absolute atomic E-state index is 13.8. The third-order valence-corrected chi connectivity index (χ3v) is 3.09. The second kappa shape index (κ2) is 4.42. The number of benzene rings is 1. The highest BCUT2D eigenvalue weighted by Gasteiger charge is 2.12. The first-order valence-corrected chi connectivity index (χ1v) is 5.60. The molecular formula is C12H11ClFN3O. The summed E-state index contributed by atoms with van der Waals surface area (Å²) in [5.41, 5.74) is 6.67. The maximum atomic E-state index is 13.8. The summed E-state index contributed by atoms with van der Waals surface area (Å²) in [4.78, 5) is 12.0. The quantitative estimate of drug-likeness (QED) is 0.806. The third kappa shape index (κ3) is 1.97. The van der Waals surface area contributed by atoms with E-state index in [0.29, 0.717) is 5.56 Å². The lowest BCUT2D eigenvalue weighted by Crippen LogP contribution is -2.25. The number of aromatic nitrogens is 2. The molecule has 0 bridgehead atoms. The van der Waals surface area contributed by atoms with Gasteiger partial charge in [-0.25, -0.2) is 4.39 Å². The van der Waals surface area contributed by atoms with Gasteiger partial charge in [0.2, 0.25) is 0 Å². The van der Waals surface area contributed by atoms with Gasteiger partial charge in [-0.3, -0.25) is 4.79 Å². The average Bonchev–Trinajstić information content (AvgIpc) is 2.32. The highest BCUT2D eigenvalue weighted by atomic mass is 35.5. The van der Waals surface area contributed by atoms with E-state index in [0.717, 1.165) is 16.3 Å². The van der Waals surface area contributed by atoms with Crippen molar-refractivity contribution in [2.45, 2.75) is 13.8 Å². The number of nitrogens with two attached hydrogens (primary N) is 1. The summed E-state index contributed by atoms with van der Waals surface area (Å²) in [7, 11) is 0. The molecule has 18 heavy (non-hydrogen) atoms. The Hall–Kier alpha value is -1.88. The van der Waals surface area contributed by atoms with Gasteiger partial charge in [-0.05, 0) is 31.5 Å². The summed E-state index contributed by atoms with van der Waals surface area (Å²) in [6, 6.07) is 2.36. The van der Waals surface area contributed by atoms with Crippen LogP contribution in [0, 0.1) is 19.7 Å². The molecule has 0 fully saturated rings. The Labute approximate surface area is 108 Å². The van der Waals surface area contributed by atoms with Gasteiger partial charge in [0.1, 0.15) is 5.69 Å². The van der Waals surface area contributed by atoms with Gasteiger partial charge in [-0.1, -0.05) is 11.6 Å². The molecule has 2 aromatic rings. The second-order valence-electron chi connectivity index (χ2n) is 3.99. The fraction of sp³-hybridized carbons (Fsp3) is 0.167. The summed E-state index contributed by atoms with van der Waals surface area (Å²) in [5, 5.41) is 4.01. The van der Waals surface area contributed by atoms with Crippen LogP contribution in [0.5, 0.6) is 0 Å². The van der Waals surface area contributed by atoms with Crippen LogP contribution >= 0.6 is 11.6 Å². The minimum atomic E-state index is -0.646. The Morgan fingerprint density at radius 1 is 1.39 bits per heavy atom. The largest absolute Gasteiger partial charge is 0.397 e. The molecule has 2 rings (SSSR count). The number of aryl methyl sites for hydroxylation is 1. The Morgan fingerprint density at radius 3 is 2.72 bits per heavy atom. The van der Waals surface area contributed by atoms with E-state index in [4.69, 9.17) is 17.3 Å². The van der Waals surface area contributed by atoms with Gasteiger partial charge in [0.25, 0.3) is 5.56 Å². The summed E-state index contributed by atoms with van der Waals surface area (Å²) < 4.78 is 14.8. The number of nitrogen functional groups attached to an aromatic ring is 1. The van der Waals surface area contributed by atoms with Gasteiger partial charge in [0, 0.05) is 5.56 Å². The normalized spacial score (nSPS) is 10.7. The molecule has 94 valence electrons. The number of hydrogen-bond donors (Lipinski definition) is 1. The minimum absolute atomic E-state index is 0.00926. The lowest BCUT2D eigenvalue weighted by atomic mass is 10.2. The van der Waals surface area contributed by atoms with Crippen LogP contribution in [0.2, 0.25) is 5.02 Å². The topological polar surface area (TPSA) is 60.9 Å². The smallest absolute Gasteiger partial charge is 0.274 e. The molecular weight excluding hydrogens is 257 g/mol. The van der Waals surface area contributed by atoms with Crippen molar-refractivity contribution >= 4 is 17.3 Å². The summed E-state index contributed by atoms with van der Waals surface area (Å²) in [6.45, 7) is 3.42. The van der Waals surface area contributed by atoms with Gasteiger partial charge in [0.05, 0.1) is 16.9 Å². The van der Waals surface area contributed by atoms with Gasteiger partial charge >= 0.3 is 0 Å². The molecule has 4 nitrogen and oxygen atoms in total. The molecule has 6 heteroatoms. The van der Waals surface area contributed by atoms with Gasteiger partial charge in [-0.15, -0.1) is 0 Å². The van der Waals surface area contributed by atoms with Crippen molar-refractivity contribution in [2.24, 2.45) is 0 Å². The van der Waals surface area contributed by atoms with Crippen LogP contribution in [0.3, 0.4) is 0 Å². The summed E-state index contributed by atoms with van der Waals surface area (Å²) in [5.74, 6) is -0.646. The van der Waals surface area contributed by atoms with Crippen LogP contribution in [-0.4, -0.2) is 9.78 Å². The number of hydrogen-bond acceptors (Lipinski definition) is 3. The van der Waals surface area contributed by atoms with Crippen LogP contribution in [0.15, 0.2) is 23.1 Å². The first-order chi connectivity index (χ1) is 8.41. The van der Waals surface area contributed by atoms with E-state index < -0.39 is 5.82 Å². The Kier molecular flexibility index (Phi) is 3.09. The standard InChI is InChI=1S/C12H11ClFN3O/c1-6-5-16-17(12(18)7(6)2)11-4-10(15)8(13)3-9(11)14/h3-5H,15H2,1-2H3. The Morgan fingerprint density at radius 2 is 2.06 bits per heavy atom. The van der Waals surface area contributed by atoms with Crippen molar-refractivity contribution < 1.29 is 4.39 Å². The van der Waals surface area contributed by atoms with Crippen LogP contribution in [0.4, 0.5) is 10.1 Å². The molecule has 0 amide bonds. The summed E-state index contributed by atoms with van der Waals surface area (Å²) in [6.07, 6.45) is 1.50. The van der Waals surface area contributed by atoms with E-state index in [-0.39, 0.29) is 22.0 Å². The number of anilines is 1. The molecule has 2 N–H and O–H groups in total. The molecule has 0 aliphatic heterocycles. The van der Waals surface area contributed by atoms with Crippen molar-refractivity contribution in [3.8, 4) is 5.69 Å². The van der Waals surface area contributed by atoms with Crippen molar-refractivity contribution in [1.29, 1.82) is 0 Å². The van der Waals surface area contributed by atoms with E-state index >= 15 is 0 Å². The molecule has 1 heterocycles. The maximum Gasteiger partial charge on any atom is 0.274 e. The van der Waals surface area contributed by atoms with Crippen molar-refractivity contribution in [3.63, 3.8) is 0 Å². The van der Waals surface area contributed by atoms with E-state index in [9.17, 15) is 9.18 Å². The first kappa shape index (κ1) is 12.6. The lowest BCUT2D eigenvalue weighted by Gasteiger charge is -2.09. The van der Waals surface area contributed by atoms with Crippen LogP contribution in [0.25, 0.3) is 5.69 Å². The zero-order chi connectivity index (χ0) is 13.4. The molecule has 1 aromatic carbocycles. The lowest BCUT2D eigenvalue weighted by molar-refractivity contribution is 0.604. The fourth-order valence-corrected chi connectivity index (χ4v) is 1.66. The SMILES string of the molecule is Cc1cnn(-c2cc(N)c(Cl)cc2F)c(=O)c1C. The predicted octanol–water partition coefficient (Wildman–Crippen LogP) is 2.22. The number of nitrogens with zero attached hydrogens (tertiary/aromatic N) is 2. The van der Waals surface area contributed by atoms with Gasteiger partial charge in [-0.2, -0.15) is 9.78 Å². The van der Waals surface area contributed by atoms with E-state index in [1.807, 2.05) is 0 Å². The molecule has 0 aliphatic rings. The first-order valence-electron chi connectivity index (χ1n) is 5.22. The van der Waals surface area contributed by atoms with E-state index in [1.54, 1.807) is 13.8 Å². The Bertz CT molecular complexity index is 682. The fourth-order valence-electron chi connectivity index (χ4n) is 1.51. The zero-order valence-electron chi connectivity index (χ0n) is 9.87. The number of halogens is 2. The minimum Gasteiger partial charge on any atom is -0.397 e. The van der Waals surface area contributed by atoms with Crippen LogP contribution < -0.4 is 11.3 Å². The number of rotatable bonds is 1. The molecule has 1 aromatic heterocycles. The zero-order valence-corrected chi connectivity index (χ0v) is 10.6. The van der Waals surface area contributed by atoms with Gasteiger partial charge in [0.15, 0.2) is 5.82 Å². The van der Waals surface area contributed by atoms with Crippen LogP contribution in [0.1, 0.15) is 11.1 Å². The van der Waals surface area contributed by atoms with Crippen molar-refractivity contribution in [1.82, 2.24) is 9.78 Å². The van der Waals surface area contributed by atoms with Crippen molar-refractivity contribution in [3.05, 3.63) is 50.7 Å². The van der Waals surface area contributed by atoms with Crippen molar-refractivity contribution in [2.75, 3.05) is 5.73 Å². The molecule has 0 unspecified atom stereocenters. The highest BCUT2D eigenvalue weighted by molar-refractivity contribution is 6.33. The molecule has 0 aliphatic carbocycles.